The molecule has 0 aromatic heterocycles. The third-order valence-electron chi connectivity index (χ3n) is 4.66. The number of nitrogens with two attached hydrogens (primary N) is 1. The number of rotatable bonds is 3. The van der Waals surface area contributed by atoms with E-state index in [0.29, 0.717) is 18.9 Å². The van der Waals surface area contributed by atoms with Crippen LogP contribution in [-0.2, 0) is 11.2 Å². The fourth-order valence-corrected chi connectivity index (χ4v) is 3.44. The number of fused-ring (bicyclic) bond motifs is 1. The van der Waals surface area contributed by atoms with E-state index in [1.165, 1.54) is 18.4 Å². The molecular formula is C17H25ClN2O2. The molecule has 0 spiro atoms. The van der Waals surface area contributed by atoms with Crippen LogP contribution in [-0.4, -0.2) is 24.6 Å². The summed E-state index contributed by atoms with van der Waals surface area (Å²) in [5.74, 6) is 1.40. The summed E-state index contributed by atoms with van der Waals surface area (Å²) in [6, 6.07) is 8.29. The third kappa shape index (κ3) is 4.14. The monoisotopic (exact) mass is 324 g/mol. The van der Waals surface area contributed by atoms with Gasteiger partial charge in [0.25, 0.3) is 0 Å². The summed E-state index contributed by atoms with van der Waals surface area (Å²) in [5, 5.41) is 3.11. The summed E-state index contributed by atoms with van der Waals surface area (Å²) in [5.41, 5.74) is 7.29. The Morgan fingerprint density at radius 3 is 2.86 bits per heavy atom. The molecule has 3 atom stereocenters. The Morgan fingerprint density at radius 2 is 2.05 bits per heavy atom. The highest BCUT2D eigenvalue weighted by atomic mass is 35.5. The van der Waals surface area contributed by atoms with Crippen molar-refractivity contribution in [2.45, 2.75) is 50.6 Å². The summed E-state index contributed by atoms with van der Waals surface area (Å²) in [7, 11) is 0. The number of hydrogen-bond acceptors (Lipinski definition) is 3. The second-order valence-electron chi connectivity index (χ2n) is 6.30. The maximum absolute atomic E-state index is 12.2. The Kier molecular flexibility index (Phi) is 6.09. The number of hydrogen-bond donors (Lipinski definition) is 2. The maximum atomic E-state index is 12.2. The zero-order chi connectivity index (χ0) is 14.7. The number of ether oxygens (including phenoxy) is 1. The third-order valence-corrected chi connectivity index (χ3v) is 4.66. The Labute approximate surface area is 138 Å². The SMILES string of the molecule is Cl.NC1CCCCC1CC(=O)NC1COc2ccccc2C1. The van der Waals surface area contributed by atoms with Crippen LogP contribution in [0, 0.1) is 5.92 Å². The number of benzene rings is 1. The highest BCUT2D eigenvalue weighted by Crippen LogP contribution is 2.26. The minimum atomic E-state index is 0. The average molecular weight is 325 g/mol. The Bertz CT molecular complexity index is 509. The van der Waals surface area contributed by atoms with E-state index in [9.17, 15) is 4.79 Å². The van der Waals surface area contributed by atoms with Gasteiger partial charge in [0.2, 0.25) is 5.91 Å². The van der Waals surface area contributed by atoms with E-state index < -0.39 is 0 Å². The molecule has 0 radical (unpaired) electrons. The number of halogens is 1. The molecule has 1 heterocycles. The molecule has 1 aromatic rings. The van der Waals surface area contributed by atoms with Gasteiger partial charge in [-0.15, -0.1) is 12.4 Å². The number of carbonyl (C=O) groups is 1. The van der Waals surface area contributed by atoms with E-state index in [1.807, 2.05) is 18.2 Å². The number of amides is 1. The van der Waals surface area contributed by atoms with Crippen LogP contribution in [0.1, 0.15) is 37.7 Å². The van der Waals surface area contributed by atoms with E-state index in [2.05, 4.69) is 11.4 Å². The first kappa shape index (κ1) is 17.1. The molecule has 22 heavy (non-hydrogen) atoms. The van der Waals surface area contributed by atoms with Gasteiger partial charge in [0, 0.05) is 12.5 Å². The fraction of sp³-hybridized carbons (Fsp3) is 0.588. The predicted octanol–water partition coefficient (Wildman–Crippen LogP) is 2.44. The molecule has 2 aliphatic rings. The van der Waals surface area contributed by atoms with Gasteiger partial charge in [0.05, 0.1) is 6.04 Å². The molecule has 0 saturated heterocycles. The van der Waals surface area contributed by atoms with E-state index in [4.69, 9.17) is 10.5 Å². The van der Waals surface area contributed by atoms with E-state index in [1.54, 1.807) is 0 Å². The molecule has 1 saturated carbocycles. The van der Waals surface area contributed by atoms with Crippen LogP contribution in [0.5, 0.6) is 5.75 Å². The van der Waals surface area contributed by atoms with Crippen molar-refractivity contribution in [3.8, 4) is 5.75 Å². The number of nitrogens with one attached hydrogen (secondary N) is 1. The van der Waals surface area contributed by atoms with Gasteiger partial charge in [-0.05, 0) is 36.8 Å². The Balaban J connectivity index is 0.00000176. The molecule has 122 valence electrons. The minimum absolute atomic E-state index is 0. The van der Waals surface area contributed by atoms with Gasteiger partial charge < -0.3 is 15.8 Å². The number of para-hydroxylation sites is 1. The van der Waals surface area contributed by atoms with Gasteiger partial charge >= 0.3 is 0 Å². The van der Waals surface area contributed by atoms with Crippen LogP contribution < -0.4 is 15.8 Å². The normalized spacial score (nSPS) is 27.0. The zero-order valence-electron chi connectivity index (χ0n) is 12.8. The van der Waals surface area contributed by atoms with Gasteiger partial charge in [0.15, 0.2) is 0 Å². The first-order valence-corrected chi connectivity index (χ1v) is 7.98. The Hall–Kier alpha value is -1.26. The summed E-state index contributed by atoms with van der Waals surface area (Å²) in [6.45, 7) is 0.555. The van der Waals surface area contributed by atoms with E-state index >= 15 is 0 Å². The molecule has 4 nitrogen and oxygen atoms in total. The summed E-state index contributed by atoms with van der Waals surface area (Å²) in [6.07, 6.45) is 5.94. The minimum Gasteiger partial charge on any atom is -0.491 e. The predicted molar refractivity (Wildman–Crippen MR) is 89.4 cm³/mol. The van der Waals surface area contributed by atoms with Crippen molar-refractivity contribution >= 4 is 18.3 Å². The molecule has 3 rings (SSSR count). The molecular weight excluding hydrogens is 300 g/mol. The second-order valence-corrected chi connectivity index (χ2v) is 6.30. The van der Waals surface area contributed by atoms with Crippen molar-refractivity contribution in [1.82, 2.24) is 5.32 Å². The first-order valence-electron chi connectivity index (χ1n) is 7.98. The summed E-state index contributed by atoms with van der Waals surface area (Å²) >= 11 is 0. The summed E-state index contributed by atoms with van der Waals surface area (Å²) in [4.78, 5) is 12.2. The standard InChI is InChI=1S/C17H24N2O2.ClH/c18-15-7-3-1-5-12(15)10-17(20)19-14-9-13-6-2-4-8-16(13)21-11-14;/h2,4,6,8,12,14-15H,1,3,5,7,9-11,18H2,(H,19,20);1H. The van der Waals surface area contributed by atoms with Crippen LogP contribution in [0.15, 0.2) is 24.3 Å². The van der Waals surface area contributed by atoms with Gasteiger partial charge in [-0.2, -0.15) is 0 Å². The molecule has 1 aliphatic carbocycles. The van der Waals surface area contributed by atoms with Gasteiger partial charge in [0.1, 0.15) is 12.4 Å². The highest BCUT2D eigenvalue weighted by molar-refractivity contribution is 5.85. The lowest BCUT2D eigenvalue weighted by molar-refractivity contribution is -0.123. The lowest BCUT2D eigenvalue weighted by atomic mass is 9.83. The Morgan fingerprint density at radius 1 is 1.27 bits per heavy atom. The molecule has 1 aliphatic heterocycles. The molecule has 5 heteroatoms. The molecule has 1 fully saturated rings. The van der Waals surface area contributed by atoms with Crippen LogP contribution in [0.3, 0.4) is 0 Å². The maximum Gasteiger partial charge on any atom is 0.220 e. The van der Waals surface area contributed by atoms with Crippen molar-refractivity contribution in [3.05, 3.63) is 29.8 Å². The lowest BCUT2D eigenvalue weighted by Crippen LogP contribution is -2.44. The lowest BCUT2D eigenvalue weighted by Gasteiger charge is -2.30. The van der Waals surface area contributed by atoms with Crippen molar-refractivity contribution in [2.24, 2.45) is 11.7 Å². The smallest absolute Gasteiger partial charge is 0.220 e. The van der Waals surface area contributed by atoms with Gasteiger partial charge in [-0.1, -0.05) is 31.0 Å². The molecule has 1 amide bonds. The second kappa shape index (κ2) is 7.84. The fourth-order valence-electron chi connectivity index (χ4n) is 3.44. The van der Waals surface area contributed by atoms with Crippen molar-refractivity contribution in [2.75, 3.05) is 6.61 Å². The van der Waals surface area contributed by atoms with Crippen molar-refractivity contribution < 1.29 is 9.53 Å². The average Bonchev–Trinajstić information content (AvgIpc) is 2.49. The largest absolute Gasteiger partial charge is 0.491 e. The van der Waals surface area contributed by atoms with Gasteiger partial charge in [-0.3, -0.25) is 4.79 Å². The topological polar surface area (TPSA) is 64.4 Å². The van der Waals surface area contributed by atoms with Crippen LogP contribution in [0.4, 0.5) is 0 Å². The highest BCUT2D eigenvalue weighted by Gasteiger charge is 2.26. The van der Waals surface area contributed by atoms with Crippen LogP contribution in [0.2, 0.25) is 0 Å². The van der Waals surface area contributed by atoms with E-state index in [0.717, 1.165) is 25.0 Å². The zero-order valence-corrected chi connectivity index (χ0v) is 13.6. The summed E-state index contributed by atoms with van der Waals surface area (Å²) < 4.78 is 5.71. The molecule has 1 aromatic carbocycles. The first-order chi connectivity index (χ1) is 10.2. The number of carbonyl (C=O) groups excluding carboxylic acids is 1. The van der Waals surface area contributed by atoms with Gasteiger partial charge in [-0.25, -0.2) is 0 Å². The quantitative estimate of drug-likeness (QED) is 0.897. The molecule has 3 unspecified atom stereocenters. The van der Waals surface area contributed by atoms with E-state index in [-0.39, 0.29) is 30.4 Å². The molecule has 0 bridgehead atoms. The van der Waals surface area contributed by atoms with Crippen LogP contribution in [0.25, 0.3) is 0 Å². The van der Waals surface area contributed by atoms with Crippen LogP contribution >= 0.6 is 12.4 Å². The van der Waals surface area contributed by atoms with Crippen molar-refractivity contribution in [1.29, 1.82) is 0 Å². The molecule has 3 N–H and O–H groups in total. The van der Waals surface area contributed by atoms with Crippen molar-refractivity contribution in [3.63, 3.8) is 0 Å².